The van der Waals surface area contributed by atoms with Gasteiger partial charge in [0.05, 0.1) is 13.2 Å². The minimum absolute atomic E-state index is 0.106. The number of hydrogen-bond acceptors (Lipinski definition) is 3. The molecule has 1 fully saturated rings. The molecule has 1 atom stereocenters. The molecule has 0 bridgehead atoms. The van der Waals surface area contributed by atoms with Gasteiger partial charge in [0.2, 0.25) is 5.67 Å². The normalized spacial score (nSPS) is 21.8. The molecule has 1 aromatic carbocycles. The molecule has 1 heterocycles. The summed E-state index contributed by atoms with van der Waals surface area (Å²) in [4.78, 5) is 24.2. The lowest BCUT2D eigenvalue weighted by molar-refractivity contribution is -0.149. The summed E-state index contributed by atoms with van der Waals surface area (Å²) in [5.74, 6) is -1.23. The summed E-state index contributed by atoms with van der Waals surface area (Å²) in [5, 5.41) is 8.81. The zero-order valence-corrected chi connectivity index (χ0v) is 11.1. The quantitative estimate of drug-likeness (QED) is 0.912. The van der Waals surface area contributed by atoms with Crippen molar-refractivity contribution >= 4 is 11.9 Å². The number of amides is 1. The van der Waals surface area contributed by atoms with Gasteiger partial charge >= 0.3 is 5.97 Å². The smallest absolute Gasteiger partial charge is 0.343 e. The first-order valence-corrected chi connectivity index (χ1v) is 6.41. The van der Waals surface area contributed by atoms with Crippen LogP contribution in [0.25, 0.3) is 0 Å². The molecule has 6 heteroatoms. The van der Waals surface area contributed by atoms with Gasteiger partial charge in [0.15, 0.2) is 0 Å². The maximum Gasteiger partial charge on any atom is 0.343 e. The second kappa shape index (κ2) is 5.48. The molecule has 1 unspecified atom stereocenters. The number of hydrogen-bond donors (Lipinski definition) is 1. The fraction of sp³-hybridized carbons (Fsp3) is 0.429. The van der Waals surface area contributed by atoms with E-state index in [0.29, 0.717) is 17.9 Å². The fourth-order valence-electron chi connectivity index (χ4n) is 2.16. The molecule has 5 nitrogen and oxygen atoms in total. The van der Waals surface area contributed by atoms with E-state index in [0.717, 1.165) is 0 Å². The van der Waals surface area contributed by atoms with Gasteiger partial charge in [-0.3, -0.25) is 4.79 Å². The SMILES string of the molecule is CCOc1ccc(C(=O)N2CCC(F)(C(=O)O)C2)cc1. The molecule has 0 saturated carbocycles. The average molecular weight is 281 g/mol. The van der Waals surface area contributed by atoms with Crippen molar-refractivity contribution in [2.24, 2.45) is 0 Å². The van der Waals surface area contributed by atoms with E-state index in [1.54, 1.807) is 24.3 Å². The summed E-state index contributed by atoms with van der Waals surface area (Å²) in [6.07, 6.45) is -0.175. The number of rotatable bonds is 4. The van der Waals surface area contributed by atoms with E-state index in [-0.39, 0.29) is 18.9 Å². The number of carboxylic acid groups (broad SMARTS) is 1. The van der Waals surface area contributed by atoms with Crippen LogP contribution in [0.15, 0.2) is 24.3 Å². The lowest BCUT2D eigenvalue weighted by Gasteiger charge is -2.17. The van der Waals surface area contributed by atoms with Crippen LogP contribution in [0.3, 0.4) is 0 Å². The molecule has 1 saturated heterocycles. The van der Waals surface area contributed by atoms with Crippen LogP contribution in [0.5, 0.6) is 5.75 Å². The van der Waals surface area contributed by atoms with Gasteiger partial charge in [0.25, 0.3) is 5.91 Å². The first-order valence-electron chi connectivity index (χ1n) is 6.41. The predicted octanol–water partition coefficient (Wildman–Crippen LogP) is 1.72. The Bertz CT molecular complexity index is 516. The third kappa shape index (κ3) is 2.74. The molecule has 0 radical (unpaired) electrons. The summed E-state index contributed by atoms with van der Waals surface area (Å²) in [7, 11) is 0. The maximum absolute atomic E-state index is 13.9. The number of benzene rings is 1. The standard InChI is InChI=1S/C14H16FNO4/c1-2-20-11-5-3-10(4-6-11)12(17)16-8-7-14(15,9-16)13(18)19/h3-6H,2,7-9H2,1H3,(H,18,19). The number of halogens is 1. The number of ether oxygens (including phenoxy) is 1. The van der Waals surface area contributed by atoms with Gasteiger partial charge in [0, 0.05) is 18.5 Å². The van der Waals surface area contributed by atoms with Crippen LogP contribution in [0, 0.1) is 0 Å². The van der Waals surface area contributed by atoms with Gasteiger partial charge in [-0.05, 0) is 31.2 Å². The molecule has 1 aliphatic rings. The Morgan fingerprint density at radius 2 is 2.05 bits per heavy atom. The zero-order valence-electron chi connectivity index (χ0n) is 11.1. The molecule has 20 heavy (non-hydrogen) atoms. The third-order valence-electron chi connectivity index (χ3n) is 3.30. The van der Waals surface area contributed by atoms with Crippen molar-refractivity contribution in [2.45, 2.75) is 19.0 Å². The first kappa shape index (κ1) is 14.3. The molecule has 0 spiro atoms. The Morgan fingerprint density at radius 1 is 1.40 bits per heavy atom. The Hall–Kier alpha value is -2.11. The van der Waals surface area contributed by atoms with E-state index in [1.807, 2.05) is 6.92 Å². The maximum atomic E-state index is 13.9. The lowest BCUT2D eigenvalue weighted by Crippen LogP contribution is -2.38. The highest BCUT2D eigenvalue weighted by molar-refractivity contribution is 5.95. The van der Waals surface area contributed by atoms with Gasteiger partial charge in [-0.15, -0.1) is 0 Å². The average Bonchev–Trinajstić information content (AvgIpc) is 2.83. The van der Waals surface area contributed by atoms with Gasteiger partial charge in [0.1, 0.15) is 5.75 Å². The number of likely N-dealkylation sites (tertiary alicyclic amines) is 1. The predicted molar refractivity (Wildman–Crippen MR) is 69.6 cm³/mol. The van der Waals surface area contributed by atoms with Gasteiger partial charge in [-0.1, -0.05) is 0 Å². The Balaban J connectivity index is 2.07. The minimum Gasteiger partial charge on any atom is -0.494 e. The van der Waals surface area contributed by atoms with E-state index in [2.05, 4.69) is 0 Å². The number of carbonyl (C=O) groups is 2. The van der Waals surface area contributed by atoms with E-state index in [9.17, 15) is 14.0 Å². The number of carbonyl (C=O) groups excluding carboxylic acids is 1. The topological polar surface area (TPSA) is 66.8 Å². The Kier molecular flexibility index (Phi) is 3.92. The Morgan fingerprint density at radius 3 is 2.55 bits per heavy atom. The van der Waals surface area contributed by atoms with E-state index in [4.69, 9.17) is 9.84 Å². The number of alkyl halides is 1. The van der Waals surface area contributed by atoms with E-state index >= 15 is 0 Å². The molecule has 1 aromatic rings. The molecule has 0 aromatic heterocycles. The fourth-order valence-corrected chi connectivity index (χ4v) is 2.16. The molecule has 108 valence electrons. The van der Waals surface area contributed by atoms with Crippen LogP contribution in [0.4, 0.5) is 4.39 Å². The van der Waals surface area contributed by atoms with Crippen LogP contribution in [0.2, 0.25) is 0 Å². The highest BCUT2D eigenvalue weighted by Crippen LogP contribution is 2.27. The van der Waals surface area contributed by atoms with E-state index < -0.39 is 18.2 Å². The van der Waals surface area contributed by atoms with Crippen LogP contribution in [-0.4, -0.2) is 47.2 Å². The number of aliphatic carboxylic acids is 1. The summed E-state index contributed by atoms with van der Waals surface area (Å²) < 4.78 is 19.2. The monoisotopic (exact) mass is 281 g/mol. The first-order chi connectivity index (χ1) is 9.46. The van der Waals surface area contributed by atoms with E-state index in [1.165, 1.54) is 4.90 Å². The second-order valence-electron chi connectivity index (χ2n) is 4.70. The highest BCUT2D eigenvalue weighted by Gasteiger charge is 2.46. The molecule has 1 amide bonds. The van der Waals surface area contributed by atoms with Crippen LogP contribution in [-0.2, 0) is 4.79 Å². The largest absolute Gasteiger partial charge is 0.494 e. The molecule has 1 N–H and O–H groups in total. The van der Waals surface area contributed by atoms with Crippen molar-refractivity contribution < 1.29 is 23.8 Å². The van der Waals surface area contributed by atoms with Crippen LogP contribution in [0.1, 0.15) is 23.7 Å². The van der Waals surface area contributed by atoms with Gasteiger partial charge in [-0.2, -0.15) is 0 Å². The van der Waals surface area contributed by atoms with Crippen molar-refractivity contribution in [3.8, 4) is 5.75 Å². The van der Waals surface area contributed by atoms with Gasteiger partial charge < -0.3 is 14.7 Å². The minimum atomic E-state index is -2.33. The van der Waals surface area contributed by atoms with Gasteiger partial charge in [-0.25, -0.2) is 9.18 Å². The lowest BCUT2D eigenvalue weighted by atomic mass is 10.1. The molecule has 0 aliphatic carbocycles. The molecular weight excluding hydrogens is 265 g/mol. The summed E-state index contributed by atoms with van der Waals surface area (Å²) in [6.45, 7) is 2.08. The van der Waals surface area contributed by atoms with Crippen LogP contribution < -0.4 is 4.74 Å². The summed E-state index contributed by atoms with van der Waals surface area (Å²) >= 11 is 0. The molecule has 1 aliphatic heterocycles. The zero-order chi connectivity index (χ0) is 14.8. The van der Waals surface area contributed by atoms with Crippen molar-refractivity contribution in [1.82, 2.24) is 4.90 Å². The number of carboxylic acids is 1. The third-order valence-corrected chi connectivity index (χ3v) is 3.30. The second-order valence-corrected chi connectivity index (χ2v) is 4.70. The molecular formula is C14H16FNO4. The molecule has 2 rings (SSSR count). The van der Waals surface area contributed by atoms with Crippen molar-refractivity contribution in [1.29, 1.82) is 0 Å². The van der Waals surface area contributed by atoms with Crippen LogP contribution >= 0.6 is 0 Å². The Labute approximate surface area is 116 Å². The number of nitrogens with zero attached hydrogens (tertiary/aromatic N) is 1. The van der Waals surface area contributed by atoms with Crippen molar-refractivity contribution in [2.75, 3.05) is 19.7 Å². The van der Waals surface area contributed by atoms with Crippen molar-refractivity contribution in [3.63, 3.8) is 0 Å². The van der Waals surface area contributed by atoms with Crippen molar-refractivity contribution in [3.05, 3.63) is 29.8 Å². The summed E-state index contributed by atoms with van der Waals surface area (Å²) in [6, 6.07) is 6.50. The highest BCUT2D eigenvalue weighted by atomic mass is 19.1. The summed E-state index contributed by atoms with van der Waals surface area (Å²) in [5.41, 5.74) is -1.94.